The molecular formula is C27H30ClN3O5S. The highest BCUT2D eigenvalue weighted by Gasteiger charge is 2.28. The molecule has 0 aliphatic carbocycles. The molecular weight excluding hydrogens is 514 g/mol. The SMILES string of the molecule is COc1ccc(N(CC(=O)NCc2ccc(N3CCOCC3)cc2)S(=O)(=O)c2ccc(C)cc2)cc1Cl. The van der Waals surface area contributed by atoms with Crippen LogP contribution < -0.4 is 19.3 Å². The Morgan fingerprint density at radius 2 is 1.73 bits per heavy atom. The number of methoxy groups -OCH3 is 1. The van der Waals surface area contributed by atoms with E-state index in [1.165, 1.54) is 25.3 Å². The molecule has 3 aromatic carbocycles. The van der Waals surface area contributed by atoms with Crippen LogP contribution in [0.5, 0.6) is 5.75 Å². The summed E-state index contributed by atoms with van der Waals surface area (Å²) in [5, 5.41) is 3.07. The summed E-state index contributed by atoms with van der Waals surface area (Å²) in [6.45, 7) is 4.83. The highest BCUT2D eigenvalue weighted by molar-refractivity contribution is 7.92. The Hall–Kier alpha value is -3.27. The molecule has 1 saturated heterocycles. The van der Waals surface area contributed by atoms with E-state index >= 15 is 0 Å². The molecule has 0 bridgehead atoms. The largest absolute Gasteiger partial charge is 0.495 e. The number of sulfonamides is 1. The number of morpholine rings is 1. The molecule has 1 amide bonds. The van der Waals surface area contributed by atoms with Crippen LogP contribution in [-0.4, -0.2) is 54.3 Å². The zero-order valence-electron chi connectivity index (χ0n) is 20.8. The maximum atomic E-state index is 13.6. The van der Waals surface area contributed by atoms with E-state index in [0.717, 1.165) is 34.2 Å². The van der Waals surface area contributed by atoms with Crippen molar-refractivity contribution in [2.45, 2.75) is 18.4 Å². The molecule has 1 aliphatic rings. The van der Waals surface area contributed by atoms with Gasteiger partial charge in [0.2, 0.25) is 5.91 Å². The zero-order chi connectivity index (χ0) is 26.4. The summed E-state index contributed by atoms with van der Waals surface area (Å²) in [5.74, 6) is -0.0389. The monoisotopic (exact) mass is 543 g/mol. The minimum Gasteiger partial charge on any atom is -0.495 e. The number of amides is 1. The van der Waals surface area contributed by atoms with Gasteiger partial charge in [0.15, 0.2) is 0 Å². The molecule has 3 aromatic rings. The maximum absolute atomic E-state index is 13.6. The Labute approximate surface area is 222 Å². The first-order chi connectivity index (χ1) is 17.8. The number of ether oxygens (including phenoxy) is 2. The summed E-state index contributed by atoms with van der Waals surface area (Å²) in [5.41, 5.74) is 3.20. The van der Waals surface area contributed by atoms with Gasteiger partial charge in [0, 0.05) is 25.3 Å². The minimum atomic E-state index is -4.05. The van der Waals surface area contributed by atoms with Gasteiger partial charge in [0.1, 0.15) is 12.3 Å². The number of carbonyl (C=O) groups is 1. The Morgan fingerprint density at radius 3 is 2.35 bits per heavy atom. The van der Waals surface area contributed by atoms with Gasteiger partial charge in [-0.1, -0.05) is 41.4 Å². The summed E-state index contributed by atoms with van der Waals surface area (Å²) < 4.78 is 38.8. The molecule has 0 saturated carbocycles. The number of nitrogens with one attached hydrogen (secondary N) is 1. The number of nitrogens with zero attached hydrogens (tertiary/aromatic N) is 2. The lowest BCUT2D eigenvalue weighted by atomic mass is 10.2. The highest BCUT2D eigenvalue weighted by atomic mass is 35.5. The molecule has 4 rings (SSSR count). The smallest absolute Gasteiger partial charge is 0.264 e. The van der Waals surface area contributed by atoms with E-state index in [1.807, 2.05) is 31.2 Å². The van der Waals surface area contributed by atoms with Crippen molar-refractivity contribution in [3.05, 3.63) is 82.9 Å². The number of carbonyl (C=O) groups excluding carboxylic acids is 1. The molecule has 37 heavy (non-hydrogen) atoms. The zero-order valence-corrected chi connectivity index (χ0v) is 22.4. The fraction of sp³-hybridized carbons (Fsp3) is 0.296. The molecule has 8 nitrogen and oxygen atoms in total. The number of anilines is 2. The van der Waals surface area contributed by atoms with Gasteiger partial charge in [0.05, 0.1) is 35.9 Å². The molecule has 1 heterocycles. The van der Waals surface area contributed by atoms with Crippen LogP contribution in [0, 0.1) is 6.92 Å². The molecule has 0 atom stereocenters. The van der Waals surface area contributed by atoms with Crippen LogP contribution in [0.4, 0.5) is 11.4 Å². The van der Waals surface area contributed by atoms with Crippen LogP contribution >= 0.6 is 11.6 Å². The van der Waals surface area contributed by atoms with Gasteiger partial charge in [-0.25, -0.2) is 8.42 Å². The Bertz CT molecular complexity index is 1330. The standard InChI is InChI=1S/C27H30ClN3O5S/c1-20-3-10-24(11-4-20)37(33,34)31(23-9-12-26(35-2)25(28)17-23)19-27(32)29-18-21-5-7-22(8-6-21)30-13-15-36-16-14-30/h3-12,17H,13-16,18-19H2,1-2H3,(H,29,32). The normalized spacial score (nSPS) is 13.8. The summed E-state index contributed by atoms with van der Waals surface area (Å²) in [4.78, 5) is 15.3. The van der Waals surface area contributed by atoms with Crippen molar-refractivity contribution >= 4 is 38.9 Å². The van der Waals surface area contributed by atoms with Crippen LogP contribution in [0.25, 0.3) is 0 Å². The van der Waals surface area contributed by atoms with Crippen molar-refractivity contribution in [1.82, 2.24) is 5.32 Å². The fourth-order valence-corrected chi connectivity index (χ4v) is 5.66. The number of hydrogen-bond donors (Lipinski definition) is 1. The Morgan fingerprint density at radius 1 is 1.05 bits per heavy atom. The lowest BCUT2D eigenvalue weighted by Crippen LogP contribution is -2.40. The van der Waals surface area contributed by atoms with Crippen molar-refractivity contribution in [2.24, 2.45) is 0 Å². The quantitative estimate of drug-likeness (QED) is 0.439. The number of benzene rings is 3. The Kier molecular flexibility index (Phi) is 8.58. The molecule has 1 fully saturated rings. The van der Waals surface area contributed by atoms with Crippen LogP contribution in [0.3, 0.4) is 0 Å². The average Bonchev–Trinajstić information content (AvgIpc) is 2.91. The van der Waals surface area contributed by atoms with Crippen molar-refractivity contribution < 1.29 is 22.7 Å². The molecule has 196 valence electrons. The first-order valence-electron chi connectivity index (χ1n) is 11.9. The van der Waals surface area contributed by atoms with Crippen LogP contribution in [0.1, 0.15) is 11.1 Å². The molecule has 0 aromatic heterocycles. The first kappa shape index (κ1) is 26.8. The maximum Gasteiger partial charge on any atom is 0.264 e. The number of rotatable bonds is 9. The van der Waals surface area contributed by atoms with Crippen molar-refractivity contribution in [2.75, 3.05) is 49.2 Å². The van der Waals surface area contributed by atoms with Gasteiger partial charge in [-0.05, 0) is 55.0 Å². The second-order valence-corrected chi connectivity index (χ2v) is 11.0. The van der Waals surface area contributed by atoms with E-state index in [4.69, 9.17) is 21.1 Å². The van der Waals surface area contributed by atoms with E-state index in [0.29, 0.717) is 19.0 Å². The van der Waals surface area contributed by atoms with Crippen LogP contribution in [0.2, 0.25) is 5.02 Å². The molecule has 10 heteroatoms. The summed E-state index contributed by atoms with van der Waals surface area (Å²) >= 11 is 6.28. The van der Waals surface area contributed by atoms with E-state index in [1.54, 1.807) is 24.3 Å². The summed E-state index contributed by atoms with van der Waals surface area (Å²) in [6, 6.07) is 19.0. The van der Waals surface area contributed by atoms with E-state index in [2.05, 4.69) is 10.2 Å². The molecule has 0 spiro atoms. The lowest BCUT2D eigenvalue weighted by molar-refractivity contribution is -0.119. The van der Waals surface area contributed by atoms with Gasteiger partial charge in [-0.2, -0.15) is 0 Å². The van der Waals surface area contributed by atoms with Crippen molar-refractivity contribution in [3.8, 4) is 5.75 Å². The van der Waals surface area contributed by atoms with Gasteiger partial charge in [0.25, 0.3) is 10.0 Å². The lowest BCUT2D eigenvalue weighted by Gasteiger charge is -2.29. The van der Waals surface area contributed by atoms with E-state index in [9.17, 15) is 13.2 Å². The predicted molar refractivity (Wildman–Crippen MR) is 145 cm³/mol. The topological polar surface area (TPSA) is 88.2 Å². The molecule has 0 unspecified atom stereocenters. The average molecular weight is 544 g/mol. The second-order valence-electron chi connectivity index (χ2n) is 8.69. The van der Waals surface area contributed by atoms with Gasteiger partial charge in [-0.3, -0.25) is 9.10 Å². The van der Waals surface area contributed by atoms with Gasteiger partial charge in [-0.15, -0.1) is 0 Å². The fourth-order valence-electron chi connectivity index (χ4n) is 4.00. The third kappa shape index (κ3) is 6.54. The van der Waals surface area contributed by atoms with Crippen molar-refractivity contribution in [3.63, 3.8) is 0 Å². The highest BCUT2D eigenvalue weighted by Crippen LogP contribution is 2.32. The predicted octanol–water partition coefficient (Wildman–Crippen LogP) is 4.01. The number of halogens is 1. The van der Waals surface area contributed by atoms with Crippen LogP contribution in [0.15, 0.2) is 71.6 Å². The molecule has 0 radical (unpaired) electrons. The summed E-state index contributed by atoms with van der Waals surface area (Å²) in [6.07, 6.45) is 0. The minimum absolute atomic E-state index is 0.0801. The Balaban J connectivity index is 1.50. The third-order valence-electron chi connectivity index (χ3n) is 6.12. The van der Waals surface area contributed by atoms with Crippen LogP contribution in [-0.2, 0) is 26.1 Å². The van der Waals surface area contributed by atoms with Gasteiger partial charge < -0.3 is 19.7 Å². The van der Waals surface area contributed by atoms with E-state index in [-0.39, 0.29) is 22.2 Å². The third-order valence-corrected chi connectivity index (χ3v) is 8.21. The molecule has 1 aliphatic heterocycles. The number of hydrogen-bond acceptors (Lipinski definition) is 6. The summed E-state index contributed by atoms with van der Waals surface area (Å²) in [7, 11) is -2.57. The number of aryl methyl sites for hydroxylation is 1. The second kappa shape index (κ2) is 11.9. The van der Waals surface area contributed by atoms with Crippen molar-refractivity contribution in [1.29, 1.82) is 0 Å². The van der Waals surface area contributed by atoms with E-state index < -0.39 is 22.5 Å². The molecule has 1 N–H and O–H groups in total. The first-order valence-corrected chi connectivity index (χ1v) is 13.7. The van der Waals surface area contributed by atoms with Gasteiger partial charge >= 0.3 is 0 Å².